The van der Waals surface area contributed by atoms with Gasteiger partial charge in [-0.15, -0.1) is 11.3 Å². The van der Waals surface area contributed by atoms with Gasteiger partial charge in [-0.05, 0) is 50.5 Å². The maximum Gasteiger partial charge on any atom is 0.243 e. The molecular weight excluding hydrogens is 330 g/mol. The van der Waals surface area contributed by atoms with E-state index < -0.39 is 10.0 Å². The minimum Gasteiger partial charge on any atom is -0.245 e. The Morgan fingerprint density at radius 2 is 2.17 bits per heavy atom. The molecule has 0 bridgehead atoms. The van der Waals surface area contributed by atoms with Crippen LogP contribution in [0, 0.1) is 25.2 Å². The molecule has 2 heterocycles. The fourth-order valence-electron chi connectivity index (χ4n) is 2.91. The van der Waals surface area contributed by atoms with Crippen LogP contribution in [0.15, 0.2) is 28.5 Å². The second-order valence-corrected chi connectivity index (χ2v) is 8.61. The SMILES string of the molecule is Cc1nc([C@H]2CCCN2S(=O)(=O)c2ccc(C#N)c(C)c2)cs1. The van der Waals surface area contributed by atoms with Crippen molar-refractivity contribution in [2.75, 3.05) is 6.54 Å². The highest BCUT2D eigenvalue weighted by Crippen LogP contribution is 2.37. The predicted molar refractivity (Wildman–Crippen MR) is 88.6 cm³/mol. The Balaban J connectivity index is 1.98. The van der Waals surface area contributed by atoms with Gasteiger partial charge in [0.1, 0.15) is 0 Å². The predicted octanol–water partition coefficient (Wildman–Crippen LogP) is 3.16. The quantitative estimate of drug-likeness (QED) is 0.855. The van der Waals surface area contributed by atoms with Gasteiger partial charge in [-0.25, -0.2) is 13.4 Å². The molecule has 23 heavy (non-hydrogen) atoms. The second-order valence-electron chi connectivity index (χ2n) is 5.65. The van der Waals surface area contributed by atoms with Crippen LogP contribution in [0.25, 0.3) is 0 Å². The summed E-state index contributed by atoms with van der Waals surface area (Å²) >= 11 is 1.54. The molecule has 1 fully saturated rings. The highest BCUT2D eigenvalue weighted by atomic mass is 32.2. The average molecular weight is 347 g/mol. The first-order chi connectivity index (χ1) is 10.9. The van der Waals surface area contributed by atoms with Crippen LogP contribution in [-0.4, -0.2) is 24.3 Å². The van der Waals surface area contributed by atoms with Crippen LogP contribution in [0.2, 0.25) is 0 Å². The minimum absolute atomic E-state index is 0.194. The fraction of sp³-hybridized carbons (Fsp3) is 0.375. The molecule has 1 aliphatic rings. The molecule has 1 atom stereocenters. The third-order valence-corrected chi connectivity index (χ3v) is 6.80. The number of sulfonamides is 1. The lowest BCUT2D eigenvalue weighted by atomic mass is 10.1. The van der Waals surface area contributed by atoms with Gasteiger partial charge in [0, 0.05) is 11.9 Å². The van der Waals surface area contributed by atoms with Gasteiger partial charge >= 0.3 is 0 Å². The summed E-state index contributed by atoms with van der Waals surface area (Å²) in [6, 6.07) is 6.54. The summed E-state index contributed by atoms with van der Waals surface area (Å²) in [4.78, 5) is 4.71. The number of nitriles is 1. The third-order valence-electron chi connectivity index (χ3n) is 4.11. The summed E-state index contributed by atoms with van der Waals surface area (Å²) in [7, 11) is -3.59. The van der Waals surface area contributed by atoms with Crippen molar-refractivity contribution in [1.82, 2.24) is 9.29 Å². The Morgan fingerprint density at radius 1 is 1.39 bits per heavy atom. The molecule has 1 aliphatic heterocycles. The first-order valence-corrected chi connectivity index (χ1v) is 9.70. The van der Waals surface area contributed by atoms with Gasteiger partial charge in [-0.1, -0.05) is 0 Å². The maximum absolute atomic E-state index is 13.0. The molecular formula is C16H17N3O2S2. The van der Waals surface area contributed by atoms with Crippen LogP contribution in [0.5, 0.6) is 0 Å². The highest BCUT2D eigenvalue weighted by Gasteiger charge is 2.37. The van der Waals surface area contributed by atoms with Gasteiger partial charge in [-0.2, -0.15) is 9.57 Å². The van der Waals surface area contributed by atoms with Crippen molar-refractivity contribution in [1.29, 1.82) is 5.26 Å². The van der Waals surface area contributed by atoms with E-state index in [9.17, 15) is 8.42 Å². The van der Waals surface area contributed by atoms with Gasteiger partial charge in [0.15, 0.2) is 0 Å². The van der Waals surface area contributed by atoms with E-state index in [0.29, 0.717) is 17.7 Å². The van der Waals surface area contributed by atoms with E-state index >= 15 is 0 Å². The van der Waals surface area contributed by atoms with Gasteiger partial charge in [0.05, 0.1) is 33.3 Å². The maximum atomic E-state index is 13.0. The van der Waals surface area contributed by atoms with Crippen molar-refractivity contribution in [2.24, 2.45) is 0 Å². The smallest absolute Gasteiger partial charge is 0.243 e. The van der Waals surface area contributed by atoms with E-state index in [4.69, 9.17) is 5.26 Å². The first kappa shape index (κ1) is 16.1. The molecule has 0 spiro atoms. The topological polar surface area (TPSA) is 74.1 Å². The van der Waals surface area contributed by atoms with Crippen LogP contribution in [0.4, 0.5) is 0 Å². The van der Waals surface area contributed by atoms with Gasteiger partial charge in [-0.3, -0.25) is 0 Å². The molecule has 1 aromatic carbocycles. The number of nitrogens with zero attached hydrogens (tertiary/aromatic N) is 3. The van der Waals surface area contributed by atoms with Crippen molar-refractivity contribution in [2.45, 2.75) is 37.6 Å². The third kappa shape index (κ3) is 2.90. The molecule has 0 amide bonds. The molecule has 0 radical (unpaired) electrons. The number of hydrogen-bond acceptors (Lipinski definition) is 5. The number of aryl methyl sites for hydroxylation is 2. The summed E-state index contributed by atoms with van der Waals surface area (Å²) in [5.74, 6) is 0. The molecule has 0 saturated carbocycles. The molecule has 0 N–H and O–H groups in total. The van der Waals surface area contributed by atoms with E-state index in [2.05, 4.69) is 11.1 Å². The molecule has 0 aliphatic carbocycles. The summed E-state index contributed by atoms with van der Waals surface area (Å²) in [6.07, 6.45) is 1.62. The molecule has 2 aromatic rings. The standard InChI is InChI=1S/C16H17N3O2S2/c1-11-8-14(6-5-13(11)9-17)23(20,21)19-7-3-4-16(19)15-10-22-12(2)18-15/h5-6,8,10,16H,3-4,7H2,1-2H3/t16-/m1/s1. The zero-order valence-electron chi connectivity index (χ0n) is 13.0. The fourth-order valence-corrected chi connectivity index (χ4v) is 5.33. The van der Waals surface area contributed by atoms with Crippen LogP contribution in [0.1, 0.15) is 40.7 Å². The Kier molecular flexibility index (Phi) is 4.23. The number of aromatic nitrogens is 1. The average Bonchev–Trinajstić information content (AvgIpc) is 3.15. The molecule has 0 unspecified atom stereocenters. The molecule has 1 aromatic heterocycles. The lowest BCUT2D eigenvalue weighted by Gasteiger charge is -2.23. The second kappa shape index (κ2) is 6.04. The summed E-state index contributed by atoms with van der Waals surface area (Å²) in [5.41, 5.74) is 2.00. The van der Waals surface area contributed by atoms with E-state index in [-0.39, 0.29) is 10.9 Å². The number of thiazole rings is 1. The lowest BCUT2D eigenvalue weighted by molar-refractivity contribution is 0.391. The monoisotopic (exact) mass is 347 g/mol. The van der Waals surface area contributed by atoms with Crippen LogP contribution >= 0.6 is 11.3 Å². The van der Waals surface area contributed by atoms with Crippen molar-refractivity contribution in [3.63, 3.8) is 0 Å². The van der Waals surface area contributed by atoms with E-state index in [1.807, 2.05) is 12.3 Å². The van der Waals surface area contributed by atoms with Crippen molar-refractivity contribution in [3.8, 4) is 6.07 Å². The van der Waals surface area contributed by atoms with Crippen molar-refractivity contribution >= 4 is 21.4 Å². The summed E-state index contributed by atoms with van der Waals surface area (Å²) in [5, 5.41) is 11.9. The summed E-state index contributed by atoms with van der Waals surface area (Å²) < 4.78 is 27.5. The molecule has 3 rings (SSSR count). The van der Waals surface area contributed by atoms with Gasteiger partial charge in [0.2, 0.25) is 10.0 Å². The number of hydrogen-bond donors (Lipinski definition) is 0. The lowest BCUT2D eigenvalue weighted by Crippen LogP contribution is -2.31. The van der Waals surface area contributed by atoms with Crippen molar-refractivity contribution in [3.05, 3.63) is 45.4 Å². The zero-order chi connectivity index (χ0) is 16.6. The largest absolute Gasteiger partial charge is 0.245 e. The Morgan fingerprint density at radius 3 is 2.78 bits per heavy atom. The Labute approximate surface area is 140 Å². The van der Waals surface area contributed by atoms with Crippen LogP contribution in [0.3, 0.4) is 0 Å². The molecule has 5 nitrogen and oxygen atoms in total. The molecule has 7 heteroatoms. The summed E-state index contributed by atoms with van der Waals surface area (Å²) in [6.45, 7) is 4.18. The van der Waals surface area contributed by atoms with Crippen LogP contribution in [-0.2, 0) is 10.0 Å². The van der Waals surface area contributed by atoms with Gasteiger partial charge < -0.3 is 0 Å². The Bertz CT molecular complexity index is 881. The zero-order valence-corrected chi connectivity index (χ0v) is 14.6. The minimum atomic E-state index is -3.59. The highest BCUT2D eigenvalue weighted by molar-refractivity contribution is 7.89. The van der Waals surface area contributed by atoms with E-state index in [1.54, 1.807) is 23.4 Å². The first-order valence-electron chi connectivity index (χ1n) is 7.38. The number of rotatable bonds is 3. The normalized spacial score (nSPS) is 18.9. The van der Waals surface area contributed by atoms with E-state index in [1.165, 1.54) is 17.4 Å². The van der Waals surface area contributed by atoms with Crippen LogP contribution < -0.4 is 0 Å². The van der Waals surface area contributed by atoms with E-state index in [0.717, 1.165) is 23.5 Å². The Hall–Kier alpha value is -1.75. The molecule has 120 valence electrons. The van der Waals surface area contributed by atoms with Gasteiger partial charge in [0.25, 0.3) is 0 Å². The van der Waals surface area contributed by atoms with Crippen molar-refractivity contribution < 1.29 is 8.42 Å². The molecule has 1 saturated heterocycles. The number of benzene rings is 1.